The van der Waals surface area contributed by atoms with Crippen molar-refractivity contribution in [2.45, 2.75) is 71.4 Å². The molecule has 2 N–H and O–H groups in total. The first-order chi connectivity index (χ1) is 15.4. The topological polar surface area (TPSA) is 106 Å². The van der Waals surface area contributed by atoms with Gasteiger partial charge in [0.05, 0.1) is 0 Å². The van der Waals surface area contributed by atoms with E-state index in [-0.39, 0.29) is 30.4 Å². The fourth-order valence-corrected chi connectivity index (χ4v) is 4.42. The van der Waals surface area contributed by atoms with Crippen LogP contribution in [0.1, 0.15) is 67.7 Å². The summed E-state index contributed by atoms with van der Waals surface area (Å²) >= 11 is 0. The van der Waals surface area contributed by atoms with Gasteiger partial charge in [-0.3, -0.25) is 19.1 Å². The second kappa shape index (κ2) is 11.4. The highest BCUT2D eigenvalue weighted by Crippen LogP contribution is 2.26. The molecule has 2 aliphatic rings. The quantitative estimate of drug-likeness (QED) is 0.708. The van der Waals surface area contributed by atoms with Gasteiger partial charge in [-0.15, -0.1) is 0 Å². The number of methoxy groups -OCH3 is 1. The van der Waals surface area contributed by atoms with Crippen molar-refractivity contribution in [3.05, 3.63) is 17.0 Å². The lowest BCUT2D eigenvalue weighted by atomic mass is 9.91. The van der Waals surface area contributed by atoms with Crippen LogP contribution in [0.25, 0.3) is 0 Å². The number of nitrogens with one attached hydrogen (secondary N) is 2. The van der Waals surface area contributed by atoms with Gasteiger partial charge in [0, 0.05) is 57.0 Å². The van der Waals surface area contributed by atoms with E-state index in [0.717, 1.165) is 37.1 Å². The summed E-state index contributed by atoms with van der Waals surface area (Å²) in [5.41, 5.74) is 2.57. The number of carbonyl (C=O) groups excluding carboxylic acids is 3. The first kappa shape index (κ1) is 24.2. The highest BCUT2D eigenvalue weighted by Gasteiger charge is 2.30. The highest BCUT2D eigenvalue weighted by atomic mass is 16.5. The largest absolute Gasteiger partial charge is 0.375 e. The Hall–Kier alpha value is -2.42. The zero-order valence-electron chi connectivity index (χ0n) is 19.6. The van der Waals surface area contributed by atoms with Gasteiger partial charge in [-0.25, -0.2) is 0 Å². The summed E-state index contributed by atoms with van der Waals surface area (Å²) in [7, 11) is 1.49. The number of carbonyl (C=O) groups is 3. The number of rotatable bonds is 5. The summed E-state index contributed by atoms with van der Waals surface area (Å²) in [6.45, 7) is 6.64. The fourth-order valence-electron chi connectivity index (χ4n) is 4.42. The van der Waals surface area contributed by atoms with Crippen LogP contribution in [0.2, 0.25) is 0 Å². The molecule has 1 aromatic rings. The lowest BCUT2D eigenvalue weighted by Gasteiger charge is -2.25. The molecule has 0 aromatic carbocycles. The molecule has 0 saturated carbocycles. The van der Waals surface area contributed by atoms with Crippen LogP contribution >= 0.6 is 0 Å². The molecule has 1 aliphatic heterocycles. The maximum absolute atomic E-state index is 13.0. The Morgan fingerprint density at radius 2 is 2.00 bits per heavy atom. The standard InChI is InChI=1S/C23H37N5O4/c1-16(2)9-13-28-19-8-7-17-14-18(19)22(26-28)23(31)24-10-5-12-27(21(30)15-32-3)11-4-6-20(29)25-17/h16-17H,4-15H2,1-3H3,(H,24,31)(H,25,29). The third-order valence-electron chi connectivity index (χ3n) is 6.19. The molecule has 2 bridgehead atoms. The van der Waals surface area contributed by atoms with E-state index < -0.39 is 0 Å². The first-order valence-corrected chi connectivity index (χ1v) is 11.8. The van der Waals surface area contributed by atoms with E-state index in [1.54, 1.807) is 4.90 Å². The van der Waals surface area contributed by atoms with Crippen molar-refractivity contribution in [3.63, 3.8) is 0 Å². The highest BCUT2D eigenvalue weighted by molar-refractivity contribution is 5.94. The van der Waals surface area contributed by atoms with Crippen molar-refractivity contribution >= 4 is 17.7 Å². The van der Waals surface area contributed by atoms with Gasteiger partial charge in [-0.05, 0) is 44.4 Å². The molecular formula is C23H37N5O4. The van der Waals surface area contributed by atoms with Gasteiger partial charge >= 0.3 is 0 Å². The molecule has 178 valence electrons. The Bertz CT molecular complexity index is 820. The Labute approximate surface area is 190 Å². The molecule has 9 heteroatoms. The zero-order valence-corrected chi connectivity index (χ0v) is 19.6. The van der Waals surface area contributed by atoms with Crippen molar-refractivity contribution in [2.75, 3.05) is 33.4 Å². The number of ether oxygens (including phenoxy) is 1. The zero-order chi connectivity index (χ0) is 23.1. The summed E-state index contributed by atoms with van der Waals surface area (Å²) < 4.78 is 6.98. The minimum atomic E-state index is -0.179. The number of fused-ring (bicyclic) bond motifs is 1. The molecule has 1 aliphatic carbocycles. The minimum Gasteiger partial charge on any atom is -0.375 e. The monoisotopic (exact) mass is 447 g/mol. The summed E-state index contributed by atoms with van der Waals surface area (Å²) in [6.07, 6.45) is 4.88. The Balaban J connectivity index is 1.79. The van der Waals surface area contributed by atoms with E-state index in [0.29, 0.717) is 56.9 Å². The molecule has 3 rings (SSSR count). The van der Waals surface area contributed by atoms with E-state index in [9.17, 15) is 14.4 Å². The van der Waals surface area contributed by atoms with Gasteiger partial charge in [0.15, 0.2) is 5.69 Å². The van der Waals surface area contributed by atoms with Crippen LogP contribution in [0, 0.1) is 5.92 Å². The molecule has 3 amide bonds. The second-order valence-electron chi connectivity index (χ2n) is 9.21. The minimum absolute atomic E-state index is 0.000605. The third-order valence-corrected chi connectivity index (χ3v) is 6.19. The Kier molecular flexibility index (Phi) is 8.67. The number of amides is 3. The molecule has 0 saturated heterocycles. The maximum Gasteiger partial charge on any atom is 0.272 e. The van der Waals surface area contributed by atoms with E-state index >= 15 is 0 Å². The Morgan fingerprint density at radius 1 is 1.22 bits per heavy atom. The van der Waals surface area contributed by atoms with E-state index in [2.05, 4.69) is 29.6 Å². The van der Waals surface area contributed by atoms with Gasteiger partial charge in [-0.1, -0.05) is 13.8 Å². The molecule has 0 spiro atoms. The normalized spacial score (nSPS) is 20.4. The van der Waals surface area contributed by atoms with Crippen molar-refractivity contribution in [1.82, 2.24) is 25.3 Å². The lowest BCUT2D eigenvalue weighted by molar-refractivity contribution is -0.135. The number of hydrogen-bond donors (Lipinski definition) is 2. The predicted molar refractivity (Wildman–Crippen MR) is 120 cm³/mol. The smallest absolute Gasteiger partial charge is 0.272 e. The molecule has 1 aromatic heterocycles. The molecule has 32 heavy (non-hydrogen) atoms. The second-order valence-corrected chi connectivity index (χ2v) is 9.21. The predicted octanol–water partition coefficient (Wildman–Crippen LogP) is 1.29. The van der Waals surface area contributed by atoms with Crippen molar-refractivity contribution < 1.29 is 19.1 Å². The maximum atomic E-state index is 13.0. The molecule has 1 atom stereocenters. The van der Waals surface area contributed by atoms with Gasteiger partial charge in [-0.2, -0.15) is 5.10 Å². The van der Waals surface area contributed by atoms with Gasteiger partial charge in [0.25, 0.3) is 5.91 Å². The first-order valence-electron chi connectivity index (χ1n) is 11.8. The fraction of sp³-hybridized carbons (Fsp3) is 0.739. The van der Waals surface area contributed by atoms with E-state index in [1.165, 1.54) is 7.11 Å². The van der Waals surface area contributed by atoms with Crippen LogP contribution in [-0.2, 0) is 33.7 Å². The van der Waals surface area contributed by atoms with Crippen LogP contribution in [0.15, 0.2) is 0 Å². The van der Waals surface area contributed by atoms with Crippen LogP contribution in [0.4, 0.5) is 0 Å². The van der Waals surface area contributed by atoms with Crippen molar-refractivity contribution in [1.29, 1.82) is 0 Å². The van der Waals surface area contributed by atoms with Crippen molar-refractivity contribution in [3.8, 4) is 0 Å². The van der Waals surface area contributed by atoms with Crippen LogP contribution in [-0.4, -0.2) is 71.8 Å². The summed E-state index contributed by atoms with van der Waals surface area (Å²) in [6, 6.07) is 0.000605. The SMILES string of the molecule is COCC(=O)N1CCCNC(=O)c2nn(CCC(C)C)c3c2CC(CC3)NC(=O)CCC1. The molecule has 9 nitrogen and oxygen atoms in total. The van der Waals surface area contributed by atoms with Gasteiger partial charge in [0.1, 0.15) is 6.61 Å². The summed E-state index contributed by atoms with van der Waals surface area (Å²) in [4.78, 5) is 39.5. The molecule has 2 heterocycles. The Morgan fingerprint density at radius 3 is 2.75 bits per heavy atom. The summed E-state index contributed by atoms with van der Waals surface area (Å²) in [5.74, 6) is 0.263. The number of hydrogen-bond acceptors (Lipinski definition) is 5. The molecular weight excluding hydrogens is 410 g/mol. The number of nitrogens with zero attached hydrogens (tertiary/aromatic N) is 3. The van der Waals surface area contributed by atoms with Gasteiger partial charge in [0.2, 0.25) is 11.8 Å². The third kappa shape index (κ3) is 6.31. The van der Waals surface area contributed by atoms with Crippen LogP contribution in [0.3, 0.4) is 0 Å². The molecule has 0 fully saturated rings. The van der Waals surface area contributed by atoms with Crippen LogP contribution in [0.5, 0.6) is 0 Å². The van der Waals surface area contributed by atoms with E-state index in [1.807, 2.05) is 4.68 Å². The number of aromatic nitrogens is 2. The molecule has 0 radical (unpaired) electrons. The van der Waals surface area contributed by atoms with Crippen molar-refractivity contribution in [2.24, 2.45) is 5.92 Å². The average Bonchev–Trinajstić information content (AvgIpc) is 3.11. The average molecular weight is 448 g/mol. The van der Waals surface area contributed by atoms with Crippen LogP contribution < -0.4 is 10.6 Å². The number of aryl methyl sites for hydroxylation is 1. The summed E-state index contributed by atoms with van der Waals surface area (Å²) in [5, 5.41) is 10.8. The molecule has 1 unspecified atom stereocenters. The van der Waals surface area contributed by atoms with E-state index in [4.69, 9.17) is 4.74 Å². The van der Waals surface area contributed by atoms with Gasteiger partial charge < -0.3 is 20.3 Å². The lowest BCUT2D eigenvalue weighted by Crippen LogP contribution is -2.40.